The van der Waals surface area contributed by atoms with Gasteiger partial charge in [0.15, 0.2) is 0 Å². The van der Waals surface area contributed by atoms with E-state index < -0.39 is 0 Å². The van der Waals surface area contributed by atoms with Crippen molar-refractivity contribution in [3.63, 3.8) is 0 Å². The SMILES string of the molecule is C#CCC(N)CN(C)C. The first-order valence-electron chi connectivity index (χ1n) is 3.00. The lowest BCUT2D eigenvalue weighted by atomic mass is 10.2. The highest BCUT2D eigenvalue weighted by Gasteiger charge is 1.99. The molecule has 2 nitrogen and oxygen atoms in total. The van der Waals surface area contributed by atoms with Gasteiger partial charge in [0.05, 0.1) is 0 Å². The van der Waals surface area contributed by atoms with Gasteiger partial charge in [0.25, 0.3) is 0 Å². The molecule has 0 fully saturated rings. The number of nitrogens with two attached hydrogens (primary N) is 1. The molecule has 0 saturated carbocycles. The highest BCUT2D eigenvalue weighted by atomic mass is 15.1. The summed E-state index contributed by atoms with van der Waals surface area (Å²) in [6.45, 7) is 0.865. The van der Waals surface area contributed by atoms with Crippen LogP contribution in [0, 0.1) is 12.3 Å². The van der Waals surface area contributed by atoms with Crippen LogP contribution in [-0.2, 0) is 0 Å². The van der Waals surface area contributed by atoms with Crippen LogP contribution >= 0.6 is 0 Å². The Balaban J connectivity index is 3.29. The number of hydrogen-bond acceptors (Lipinski definition) is 2. The molecular weight excluding hydrogens is 112 g/mol. The van der Waals surface area contributed by atoms with Gasteiger partial charge in [-0.1, -0.05) is 0 Å². The predicted octanol–water partition coefficient (Wildman–Crippen LogP) is -0.101. The summed E-state index contributed by atoms with van der Waals surface area (Å²) in [5.41, 5.74) is 5.60. The molecule has 0 aromatic heterocycles. The molecule has 2 N–H and O–H groups in total. The van der Waals surface area contributed by atoms with Crippen LogP contribution in [0.5, 0.6) is 0 Å². The van der Waals surface area contributed by atoms with Crippen molar-refractivity contribution in [2.24, 2.45) is 5.73 Å². The highest BCUT2D eigenvalue weighted by molar-refractivity contribution is 4.88. The first-order chi connectivity index (χ1) is 4.16. The van der Waals surface area contributed by atoms with Crippen LogP contribution in [-0.4, -0.2) is 31.6 Å². The van der Waals surface area contributed by atoms with Crippen LogP contribution < -0.4 is 5.73 Å². The van der Waals surface area contributed by atoms with E-state index in [9.17, 15) is 0 Å². The third-order valence-corrected chi connectivity index (χ3v) is 0.980. The summed E-state index contributed by atoms with van der Waals surface area (Å²) in [5, 5.41) is 0. The molecule has 0 rings (SSSR count). The summed E-state index contributed by atoms with van der Waals surface area (Å²) in [6, 6.07) is 0.130. The number of nitrogens with zero attached hydrogens (tertiary/aromatic N) is 1. The zero-order chi connectivity index (χ0) is 7.28. The minimum absolute atomic E-state index is 0.130. The van der Waals surface area contributed by atoms with Gasteiger partial charge in [-0.3, -0.25) is 0 Å². The van der Waals surface area contributed by atoms with Crippen LogP contribution in [0.15, 0.2) is 0 Å². The smallest absolute Gasteiger partial charge is 0.0278 e. The molecular formula is C7H14N2. The zero-order valence-corrected chi connectivity index (χ0v) is 6.09. The van der Waals surface area contributed by atoms with Gasteiger partial charge in [-0.05, 0) is 14.1 Å². The van der Waals surface area contributed by atoms with Gasteiger partial charge < -0.3 is 10.6 Å². The third kappa shape index (κ3) is 5.35. The zero-order valence-electron chi connectivity index (χ0n) is 6.09. The molecule has 0 amide bonds. The fourth-order valence-corrected chi connectivity index (χ4v) is 0.685. The highest BCUT2D eigenvalue weighted by Crippen LogP contribution is 1.86. The summed E-state index contributed by atoms with van der Waals surface area (Å²) >= 11 is 0. The molecule has 9 heavy (non-hydrogen) atoms. The Morgan fingerprint density at radius 1 is 1.67 bits per heavy atom. The molecule has 0 spiro atoms. The second-order valence-corrected chi connectivity index (χ2v) is 2.43. The van der Waals surface area contributed by atoms with Crippen LogP contribution in [0.3, 0.4) is 0 Å². The van der Waals surface area contributed by atoms with Crippen molar-refractivity contribution >= 4 is 0 Å². The molecule has 0 aliphatic heterocycles. The average Bonchev–Trinajstić information content (AvgIpc) is 1.63. The third-order valence-electron chi connectivity index (χ3n) is 0.980. The lowest BCUT2D eigenvalue weighted by molar-refractivity contribution is 0.375. The first-order valence-corrected chi connectivity index (χ1v) is 3.00. The van der Waals surface area contributed by atoms with Crippen molar-refractivity contribution in [2.75, 3.05) is 20.6 Å². The van der Waals surface area contributed by atoms with E-state index in [1.54, 1.807) is 0 Å². The summed E-state index contributed by atoms with van der Waals surface area (Å²) in [6.07, 6.45) is 5.72. The van der Waals surface area contributed by atoms with Gasteiger partial charge in [0.2, 0.25) is 0 Å². The molecule has 0 aromatic carbocycles. The van der Waals surface area contributed by atoms with Gasteiger partial charge in [0.1, 0.15) is 0 Å². The molecule has 2 heteroatoms. The summed E-state index contributed by atoms with van der Waals surface area (Å²) < 4.78 is 0. The summed E-state index contributed by atoms with van der Waals surface area (Å²) in [4.78, 5) is 2.03. The second-order valence-electron chi connectivity index (χ2n) is 2.43. The normalized spacial score (nSPS) is 13.2. The van der Waals surface area contributed by atoms with Crippen LogP contribution in [0.4, 0.5) is 0 Å². The first kappa shape index (κ1) is 8.48. The van der Waals surface area contributed by atoms with Gasteiger partial charge in [-0.15, -0.1) is 12.3 Å². The van der Waals surface area contributed by atoms with Gasteiger partial charge in [-0.2, -0.15) is 0 Å². The van der Waals surface area contributed by atoms with E-state index in [-0.39, 0.29) is 6.04 Å². The quantitative estimate of drug-likeness (QED) is 0.535. The summed E-state index contributed by atoms with van der Waals surface area (Å²) in [5.74, 6) is 2.52. The fraction of sp³-hybridized carbons (Fsp3) is 0.714. The van der Waals surface area contributed by atoms with Crippen LogP contribution in [0.2, 0.25) is 0 Å². The van der Waals surface area contributed by atoms with Crippen molar-refractivity contribution in [3.05, 3.63) is 0 Å². The fourth-order valence-electron chi connectivity index (χ4n) is 0.685. The van der Waals surface area contributed by atoms with Crippen LogP contribution in [0.25, 0.3) is 0 Å². The van der Waals surface area contributed by atoms with Gasteiger partial charge >= 0.3 is 0 Å². The molecule has 0 saturated heterocycles. The van der Waals surface area contributed by atoms with Crippen molar-refractivity contribution in [1.29, 1.82) is 0 Å². The maximum atomic E-state index is 5.60. The minimum Gasteiger partial charge on any atom is -0.326 e. The predicted molar refractivity (Wildman–Crippen MR) is 40.0 cm³/mol. The Morgan fingerprint density at radius 2 is 2.22 bits per heavy atom. The van der Waals surface area contributed by atoms with E-state index in [1.807, 2.05) is 19.0 Å². The van der Waals surface area contributed by atoms with Crippen LogP contribution in [0.1, 0.15) is 6.42 Å². The van der Waals surface area contributed by atoms with E-state index >= 15 is 0 Å². The Bertz CT molecular complexity index is 102. The summed E-state index contributed by atoms with van der Waals surface area (Å²) in [7, 11) is 3.97. The largest absolute Gasteiger partial charge is 0.326 e. The van der Waals surface area contributed by atoms with Crippen molar-refractivity contribution in [2.45, 2.75) is 12.5 Å². The molecule has 0 heterocycles. The van der Waals surface area contributed by atoms with Gasteiger partial charge in [0, 0.05) is 19.0 Å². The van der Waals surface area contributed by atoms with E-state index in [0.717, 1.165) is 6.54 Å². The molecule has 0 radical (unpaired) electrons. The van der Waals surface area contributed by atoms with E-state index in [4.69, 9.17) is 12.2 Å². The maximum absolute atomic E-state index is 5.60. The topological polar surface area (TPSA) is 29.3 Å². The van der Waals surface area contributed by atoms with Crippen molar-refractivity contribution in [1.82, 2.24) is 4.90 Å². The Labute approximate surface area is 57.0 Å². The second kappa shape index (κ2) is 4.37. The molecule has 0 aliphatic rings. The number of rotatable bonds is 3. The molecule has 52 valence electrons. The monoisotopic (exact) mass is 126 g/mol. The molecule has 0 aromatic rings. The lowest BCUT2D eigenvalue weighted by Gasteiger charge is -2.13. The van der Waals surface area contributed by atoms with Crippen molar-refractivity contribution < 1.29 is 0 Å². The molecule has 1 atom stereocenters. The van der Waals surface area contributed by atoms with E-state index in [0.29, 0.717) is 6.42 Å². The van der Waals surface area contributed by atoms with Crippen molar-refractivity contribution in [3.8, 4) is 12.3 Å². The minimum atomic E-state index is 0.130. The maximum Gasteiger partial charge on any atom is 0.0278 e. The molecule has 0 bridgehead atoms. The lowest BCUT2D eigenvalue weighted by Crippen LogP contribution is -2.32. The van der Waals surface area contributed by atoms with E-state index in [1.165, 1.54) is 0 Å². The molecule has 0 aliphatic carbocycles. The Morgan fingerprint density at radius 3 is 2.56 bits per heavy atom. The average molecular weight is 126 g/mol. The van der Waals surface area contributed by atoms with E-state index in [2.05, 4.69) is 5.92 Å². The Kier molecular flexibility index (Phi) is 4.12. The number of hydrogen-bond donors (Lipinski definition) is 1. The molecule has 1 unspecified atom stereocenters. The standard InChI is InChI=1S/C7H14N2/c1-4-5-7(8)6-9(2)3/h1,7H,5-6,8H2,2-3H3. The number of likely N-dealkylation sites (N-methyl/N-ethyl adjacent to an activating group) is 1. The number of terminal acetylenes is 1. The van der Waals surface area contributed by atoms with Gasteiger partial charge in [-0.25, -0.2) is 0 Å². The Hall–Kier alpha value is -0.520.